The van der Waals surface area contributed by atoms with Crippen LogP contribution in [0.3, 0.4) is 0 Å². The monoisotopic (exact) mass is 318 g/mol. The summed E-state index contributed by atoms with van der Waals surface area (Å²) in [5.41, 5.74) is 4.27. The fraction of sp³-hybridized carbons (Fsp3) is 0.150. The molecule has 0 spiro atoms. The molecule has 4 nitrogen and oxygen atoms in total. The zero-order valence-corrected chi connectivity index (χ0v) is 13.2. The van der Waals surface area contributed by atoms with Crippen LogP contribution in [0.15, 0.2) is 54.6 Å². The summed E-state index contributed by atoms with van der Waals surface area (Å²) < 4.78 is 0. The normalized spacial score (nSPS) is 14.2. The van der Waals surface area contributed by atoms with Crippen molar-refractivity contribution in [2.45, 2.75) is 13.0 Å². The first kappa shape index (κ1) is 14.6. The lowest BCUT2D eigenvalue weighted by atomic mass is 10.00. The highest BCUT2D eigenvalue weighted by Gasteiger charge is 2.18. The molecule has 2 aromatic carbocycles. The summed E-state index contributed by atoms with van der Waals surface area (Å²) in [6.45, 7) is 1.42. The molecule has 0 unspecified atom stereocenters. The summed E-state index contributed by atoms with van der Waals surface area (Å²) >= 11 is 0. The van der Waals surface area contributed by atoms with Crippen LogP contribution in [-0.2, 0) is 17.8 Å². The molecular weight excluding hydrogens is 300 g/mol. The summed E-state index contributed by atoms with van der Waals surface area (Å²) in [4.78, 5) is 17.5. The Bertz CT molecular complexity index is 940. The molecule has 0 fully saturated rings. The highest BCUT2D eigenvalue weighted by Crippen LogP contribution is 2.22. The first-order valence-electron chi connectivity index (χ1n) is 8.04. The van der Waals surface area contributed by atoms with E-state index in [0.717, 1.165) is 29.6 Å². The van der Waals surface area contributed by atoms with Crippen molar-refractivity contribution < 1.29 is 9.90 Å². The molecule has 2 N–H and O–H groups in total. The number of aromatic hydroxyl groups is 1. The summed E-state index contributed by atoms with van der Waals surface area (Å²) in [5, 5.41) is 10.5. The first-order chi connectivity index (χ1) is 11.7. The van der Waals surface area contributed by atoms with E-state index in [4.69, 9.17) is 0 Å². The predicted octanol–water partition coefficient (Wildman–Crippen LogP) is 3.47. The number of H-pyrrole nitrogens is 1. The van der Waals surface area contributed by atoms with Gasteiger partial charge >= 0.3 is 0 Å². The Hall–Kier alpha value is -3.01. The first-order valence-corrected chi connectivity index (χ1v) is 8.04. The lowest BCUT2D eigenvalue weighted by Crippen LogP contribution is -2.34. The highest BCUT2D eigenvalue weighted by atomic mass is 16.3. The molecule has 1 aliphatic rings. The molecule has 1 amide bonds. The van der Waals surface area contributed by atoms with E-state index in [-0.39, 0.29) is 11.7 Å². The molecular formula is C20H18N2O2. The van der Waals surface area contributed by atoms with Gasteiger partial charge in [0.25, 0.3) is 0 Å². The highest BCUT2D eigenvalue weighted by molar-refractivity contribution is 5.93. The Morgan fingerprint density at radius 2 is 1.96 bits per heavy atom. The van der Waals surface area contributed by atoms with Crippen molar-refractivity contribution in [2.24, 2.45) is 0 Å². The van der Waals surface area contributed by atoms with Crippen LogP contribution in [0.2, 0.25) is 0 Å². The van der Waals surface area contributed by atoms with Gasteiger partial charge < -0.3 is 15.0 Å². The van der Waals surface area contributed by atoms with Gasteiger partial charge in [0.1, 0.15) is 5.75 Å². The number of nitrogens with one attached hydrogen (secondary N) is 1. The average Bonchev–Trinajstić information content (AvgIpc) is 3.01. The van der Waals surface area contributed by atoms with Gasteiger partial charge in [-0.3, -0.25) is 4.79 Å². The third kappa shape index (κ3) is 2.78. The number of hydrogen-bond acceptors (Lipinski definition) is 2. The van der Waals surface area contributed by atoms with Gasteiger partial charge in [-0.2, -0.15) is 0 Å². The summed E-state index contributed by atoms with van der Waals surface area (Å²) in [6.07, 6.45) is 4.31. The van der Waals surface area contributed by atoms with Crippen LogP contribution < -0.4 is 0 Å². The predicted molar refractivity (Wildman–Crippen MR) is 94.6 cm³/mol. The number of nitrogens with zero attached hydrogens (tertiary/aromatic N) is 1. The Morgan fingerprint density at radius 1 is 1.12 bits per heavy atom. The Kier molecular flexibility index (Phi) is 3.58. The van der Waals surface area contributed by atoms with Crippen LogP contribution in [-0.4, -0.2) is 27.4 Å². The van der Waals surface area contributed by atoms with Crippen LogP contribution in [0.1, 0.15) is 16.8 Å². The number of fused-ring (bicyclic) bond motifs is 2. The van der Waals surface area contributed by atoms with E-state index >= 15 is 0 Å². The molecule has 0 atom stereocenters. The fourth-order valence-corrected chi connectivity index (χ4v) is 3.18. The van der Waals surface area contributed by atoms with Crippen molar-refractivity contribution in [1.29, 1.82) is 0 Å². The standard InChI is InChI=1S/C20H18N2O2/c23-18-7-5-15-11-17(21-19(15)12-18)6-8-20(24)22-10-9-14-3-1-2-4-16(14)13-22/h1-8,11-12,21,23H,9-10,13H2/b8-6+. The molecule has 1 aromatic heterocycles. The quantitative estimate of drug-likeness (QED) is 0.711. The lowest BCUT2D eigenvalue weighted by molar-refractivity contribution is -0.126. The molecule has 0 saturated heterocycles. The number of benzene rings is 2. The second kappa shape index (κ2) is 5.89. The van der Waals surface area contributed by atoms with Gasteiger partial charge in [0.2, 0.25) is 5.91 Å². The van der Waals surface area contributed by atoms with Crippen molar-refractivity contribution in [1.82, 2.24) is 9.88 Å². The zero-order valence-electron chi connectivity index (χ0n) is 13.2. The van der Waals surface area contributed by atoms with E-state index < -0.39 is 0 Å². The van der Waals surface area contributed by atoms with E-state index in [0.29, 0.717) is 6.54 Å². The van der Waals surface area contributed by atoms with Crippen molar-refractivity contribution in [2.75, 3.05) is 6.54 Å². The topological polar surface area (TPSA) is 56.3 Å². The van der Waals surface area contributed by atoms with Gasteiger partial charge in [0.15, 0.2) is 0 Å². The van der Waals surface area contributed by atoms with Gasteiger partial charge in [-0.1, -0.05) is 24.3 Å². The number of rotatable bonds is 2. The number of aromatic amines is 1. The van der Waals surface area contributed by atoms with Crippen molar-refractivity contribution in [3.05, 3.63) is 71.4 Å². The molecule has 4 rings (SSSR count). The van der Waals surface area contributed by atoms with Crippen molar-refractivity contribution in [3.8, 4) is 5.75 Å². The molecule has 1 aliphatic heterocycles. The van der Waals surface area contributed by atoms with Crippen LogP contribution in [0, 0.1) is 0 Å². The molecule has 0 aliphatic carbocycles. The summed E-state index contributed by atoms with van der Waals surface area (Å²) in [5.74, 6) is 0.244. The lowest BCUT2D eigenvalue weighted by Gasteiger charge is -2.27. The molecule has 3 aromatic rings. The largest absolute Gasteiger partial charge is 0.508 e. The second-order valence-electron chi connectivity index (χ2n) is 6.11. The van der Waals surface area contributed by atoms with Crippen LogP contribution in [0.25, 0.3) is 17.0 Å². The molecule has 0 saturated carbocycles. The maximum absolute atomic E-state index is 12.4. The molecule has 4 heteroatoms. The van der Waals surface area contributed by atoms with Gasteiger partial charge in [0, 0.05) is 41.8 Å². The second-order valence-corrected chi connectivity index (χ2v) is 6.11. The number of aromatic nitrogens is 1. The van der Waals surface area contributed by atoms with Crippen molar-refractivity contribution in [3.63, 3.8) is 0 Å². The third-order valence-electron chi connectivity index (χ3n) is 4.47. The maximum Gasteiger partial charge on any atom is 0.246 e. The van der Waals surface area contributed by atoms with Gasteiger partial charge in [-0.25, -0.2) is 0 Å². The van der Waals surface area contributed by atoms with Crippen LogP contribution >= 0.6 is 0 Å². The molecule has 2 heterocycles. The molecule has 24 heavy (non-hydrogen) atoms. The number of amides is 1. The molecule has 0 bridgehead atoms. The number of phenols is 1. The number of carbonyl (C=O) groups is 1. The van der Waals surface area contributed by atoms with E-state index in [9.17, 15) is 9.90 Å². The third-order valence-corrected chi connectivity index (χ3v) is 4.47. The summed E-state index contributed by atoms with van der Waals surface area (Å²) in [6, 6.07) is 15.4. The van der Waals surface area contributed by atoms with Crippen molar-refractivity contribution >= 4 is 22.9 Å². The number of phenolic OH excluding ortho intramolecular Hbond substituents is 1. The average molecular weight is 318 g/mol. The Morgan fingerprint density at radius 3 is 2.83 bits per heavy atom. The fourth-order valence-electron chi connectivity index (χ4n) is 3.18. The zero-order chi connectivity index (χ0) is 16.5. The minimum Gasteiger partial charge on any atom is -0.508 e. The van der Waals surface area contributed by atoms with E-state index in [1.54, 1.807) is 24.3 Å². The van der Waals surface area contributed by atoms with Gasteiger partial charge in [-0.15, -0.1) is 0 Å². The van der Waals surface area contributed by atoms with Gasteiger partial charge in [0.05, 0.1) is 0 Å². The molecule has 0 radical (unpaired) electrons. The van der Waals surface area contributed by atoms with Gasteiger partial charge in [-0.05, 0) is 41.8 Å². The van der Waals surface area contributed by atoms with Crippen LogP contribution in [0.5, 0.6) is 5.75 Å². The van der Waals surface area contributed by atoms with E-state index in [1.807, 2.05) is 29.2 Å². The molecule has 120 valence electrons. The minimum atomic E-state index is 0.0195. The van der Waals surface area contributed by atoms with Crippen LogP contribution in [0.4, 0.5) is 0 Å². The SMILES string of the molecule is O=C(/C=C/c1cc2ccc(O)cc2[nH]1)N1CCc2ccccc2C1. The number of carbonyl (C=O) groups excluding carboxylic acids is 1. The summed E-state index contributed by atoms with van der Waals surface area (Å²) in [7, 11) is 0. The maximum atomic E-state index is 12.4. The number of hydrogen-bond donors (Lipinski definition) is 2. The Balaban J connectivity index is 1.50. The Labute approximate surface area is 140 Å². The minimum absolute atomic E-state index is 0.0195. The smallest absolute Gasteiger partial charge is 0.246 e. The van der Waals surface area contributed by atoms with E-state index in [2.05, 4.69) is 17.1 Å². The van der Waals surface area contributed by atoms with E-state index in [1.165, 1.54) is 11.1 Å².